The number of ether oxygens (including phenoxy) is 1. The van der Waals surface area contributed by atoms with E-state index in [1.807, 2.05) is 12.2 Å². The van der Waals surface area contributed by atoms with Crippen LogP contribution in [0.4, 0.5) is 0 Å². The Morgan fingerprint density at radius 2 is 1.44 bits per heavy atom. The summed E-state index contributed by atoms with van der Waals surface area (Å²) in [5.41, 5.74) is 0. The van der Waals surface area contributed by atoms with Gasteiger partial charge in [-0.2, -0.15) is 0 Å². The van der Waals surface area contributed by atoms with Gasteiger partial charge in [-0.3, -0.25) is 4.79 Å². The second-order valence-electron chi connectivity index (χ2n) is 4.68. The molecule has 2 heteroatoms. The zero-order valence-electron chi connectivity index (χ0n) is 11.8. The number of carbonyl (C=O) groups is 1. The van der Waals surface area contributed by atoms with E-state index in [1.54, 1.807) is 0 Å². The molecular weight excluding hydrogens is 224 g/mol. The highest BCUT2D eigenvalue weighted by molar-refractivity contribution is 5.66. The SMILES string of the molecule is C=CCCCCCCCCCCC=COC(C)=O. The van der Waals surface area contributed by atoms with Gasteiger partial charge in [-0.25, -0.2) is 0 Å². The van der Waals surface area contributed by atoms with Gasteiger partial charge in [-0.15, -0.1) is 6.58 Å². The summed E-state index contributed by atoms with van der Waals surface area (Å²) in [6.07, 6.45) is 18.1. The van der Waals surface area contributed by atoms with Crippen LogP contribution in [0.2, 0.25) is 0 Å². The third-order valence-electron chi connectivity index (χ3n) is 2.86. The topological polar surface area (TPSA) is 26.3 Å². The Hall–Kier alpha value is -1.05. The molecule has 0 bridgehead atoms. The largest absolute Gasteiger partial charge is 0.435 e. The molecule has 0 atom stereocenters. The summed E-state index contributed by atoms with van der Waals surface area (Å²) in [6.45, 7) is 5.14. The van der Waals surface area contributed by atoms with Gasteiger partial charge in [0.1, 0.15) is 0 Å². The standard InChI is InChI=1S/C16H28O2/c1-3-4-5-6-7-8-9-10-11-12-13-14-15-18-16(2)17/h3,14-15H,1,4-13H2,2H3. The minimum absolute atomic E-state index is 0.247. The van der Waals surface area contributed by atoms with Gasteiger partial charge in [-0.1, -0.05) is 44.6 Å². The van der Waals surface area contributed by atoms with Gasteiger partial charge >= 0.3 is 5.97 Å². The van der Waals surface area contributed by atoms with Crippen molar-refractivity contribution in [3.63, 3.8) is 0 Å². The van der Waals surface area contributed by atoms with Crippen molar-refractivity contribution in [1.82, 2.24) is 0 Å². The fourth-order valence-electron chi connectivity index (χ4n) is 1.82. The lowest BCUT2D eigenvalue weighted by Crippen LogP contribution is -1.89. The van der Waals surface area contributed by atoms with Crippen LogP contribution in [0.15, 0.2) is 25.0 Å². The summed E-state index contributed by atoms with van der Waals surface area (Å²) < 4.78 is 4.71. The summed E-state index contributed by atoms with van der Waals surface area (Å²) in [5, 5.41) is 0. The Bertz CT molecular complexity index is 231. The van der Waals surface area contributed by atoms with Crippen molar-refractivity contribution in [3.05, 3.63) is 25.0 Å². The molecule has 0 radical (unpaired) electrons. The highest BCUT2D eigenvalue weighted by Crippen LogP contribution is 2.10. The maximum Gasteiger partial charge on any atom is 0.307 e. The molecule has 0 aliphatic carbocycles. The third-order valence-corrected chi connectivity index (χ3v) is 2.86. The molecule has 0 heterocycles. The number of unbranched alkanes of at least 4 members (excludes halogenated alkanes) is 9. The van der Waals surface area contributed by atoms with E-state index in [0.717, 1.165) is 12.8 Å². The minimum atomic E-state index is -0.247. The van der Waals surface area contributed by atoms with E-state index in [9.17, 15) is 4.79 Å². The van der Waals surface area contributed by atoms with E-state index in [-0.39, 0.29) is 5.97 Å². The molecule has 0 spiro atoms. The number of carbonyl (C=O) groups excluding carboxylic acids is 1. The van der Waals surface area contributed by atoms with Crippen molar-refractivity contribution < 1.29 is 9.53 Å². The number of rotatable bonds is 12. The van der Waals surface area contributed by atoms with Crippen molar-refractivity contribution >= 4 is 5.97 Å². The van der Waals surface area contributed by atoms with Crippen LogP contribution in [0.25, 0.3) is 0 Å². The predicted molar refractivity (Wildman–Crippen MR) is 77.3 cm³/mol. The summed E-state index contributed by atoms with van der Waals surface area (Å²) in [6, 6.07) is 0. The average molecular weight is 252 g/mol. The lowest BCUT2D eigenvalue weighted by Gasteiger charge is -2.00. The smallest absolute Gasteiger partial charge is 0.307 e. The second kappa shape index (κ2) is 14.0. The Labute approximate surface area is 112 Å². The molecule has 0 aromatic carbocycles. The molecule has 104 valence electrons. The molecule has 0 N–H and O–H groups in total. The van der Waals surface area contributed by atoms with Crippen molar-refractivity contribution in [1.29, 1.82) is 0 Å². The average Bonchev–Trinajstić information content (AvgIpc) is 2.34. The van der Waals surface area contributed by atoms with Gasteiger partial charge in [0.05, 0.1) is 6.26 Å². The third kappa shape index (κ3) is 14.9. The molecule has 2 nitrogen and oxygen atoms in total. The van der Waals surface area contributed by atoms with Crippen molar-refractivity contribution in [2.75, 3.05) is 0 Å². The van der Waals surface area contributed by atoms with Crippen LogP contribution in [-0.4, -0.2) is 5.97 Å². The van der Waals surface area contributed by atoms with Crippen LogP contribution >= 0.6 is 0 Å². The van der Waals surface area contributed by atoms with Gasteiger partial charge in [0.25, 0.3) is 0 Å². The van der Waals surface area contributed by atoms with Crippen LogP contribution < -0.4 is 0 Å². The number of allylic oxidation sites excluding steroid dienone is 2. The van der Waals surface area contributed by atoms with E-state index in [0.29, 0.717) is 0 Å². The zero-order chi connectivity index (χ0) is 13.5. The van der Waals surface area contributed by atoms with Crippen molar-refractivity contribution in [2.45, 2.75) is 71.1 Å². The predicted octanol–water partition coefficient (Wildman–Crippen LogP) is 5.15. The van der Waals surface area contributed by atoms with E-state index in [2.05, 4.69) is 6.58 Å². The molecule has 0 amide bonds. The Kier molecular flexibility index (Phi) is 13.2. The molecule has 18 heavy (non-hydrogen) atoms. The normalized spacial score (nSPS) is 10.7. The first-order valence-electron chi connectivity index (χ1n) is 7.20. The molecule has 0 saturated heterocycles. The minimum Gasteiger partial charge on any atom is -0.435 e. The Balaban J connectivity index is 3.05. The monoisotopic (exact) mass is 252 g/mol. The second-order valence-corrected chi connectivity index (χ2v) is 4.68. The molecule has 0 saturated carbocycles. The Morgan fingerprint density at radius 3 is 1.94 bits per heavy atom. The van der Waals surface area contributed by atoms with Gasteiger partial charge in [-0.05, 0) is 31.8 Å². The van der Waals surface area contributed by atoms with Crippen LogP contribution in [0.1, 0.15) is 71.1 Å². The zero-order valence-corrected chi connectivity index (χ0v) is 11.8. The highest BCUT2D eigenvalue weighted by Gasteiger charge is 1.91. The maximum absolute atomic E-state index is 10.5. The van der Waals surface area contributed by atoms with Crippen molar-refractivity contribution in [3.8, 4) is 0 Å². The quantitative estimate of drug-likeness (QED) is 0.208. The first-order valence-corrected chi connectivity index (χ1v) is 7.20. The van der Waals surface area contributed by atoms with Crippen LogP contribution in [0, 0.1) is 0 Å². The van der Waals surface area contributed by atoms with Crippen LogP contribution in [0.3, 0.4) is 0 Å². The highest BCUT2D eigenvalue weighted by atomic mass is 16.5. The molecule has 0 aromatic heterocycles. The first kappa shape index (κ1) is 16.9. The summed E-state index contributed by atoms with van der Waals surface area (Å²) in [4.78, 5) is 10.5. The van der Waals surface area contributed by atoms with Crippen LogP contribution in [0.5, 0.6) is 0 Å². The molecule has 0 aliphatic rings. The molecule has 0 fully saturated rings. The van der Waals surface area contributed by atoms with Gasteiger partial charge in [0.15, 0.2) is 0 Å². The van der Waals surface area contributed by atoms with Gasteiger partial charge in [0, 0.05) is 6.92 Å². The fourth-order valence-corrected chi connectivity index (χ4v) is 1.82. The van der Waals surface area contributed by atoms with E-state index >= 15 is 0 Å². The van der Waals surface area contributed by atoms with Gasteiger partial charge in [0.2, 0.25) is 0 Å². The number of hydrogen-bond acceptors (Lipinski definition) is 2. The van der Waals surface area contributed by atoms with E-state index < -0.39 is 0 Å². The molecule has 0 rings (SSSR count). The molecule has 0 unspecified atom stereocenters. The van der Waals surface area contributed by atoms with Gasteiger partial charge < -0.3 is 4.74 Å². The Morgan fingerprint density at radius 1 is 0.944 bits per heavy atom. The van der Waals surface area contributed by atoms with Crippen LogP contribution in [-0.2, 0) is 9.53 Å². The number of esters is 1. The van der Waals surface area contributed by atoms with E-state index in [1.165, 1.54) is 64.6 Å². The summed E-state index contributed by atoms with van der Waals surface area (Å²) in [5.74, 6) is -0.247. The van der Waals surface area contributed by atoms with E-state index in [4.69, 9.17) is 4.74 Å². The molecule has 0 aromatic rings. The number of hydrogen-bond donors (Lipinski definition) is 0. The summed E-state index contributed by atoms with van der Waals surface area (Å²) >= 11 is 0. The lowest BCUT2D eigenvalue weighted by molar-refractivity contribution is -0.135. The molecular formula is C16H28O2. The molecule has 0 aliphatic heterocycles. The summed E-state index contributed by atoms with van der Waals surface area (Å²) in [7, 11) is 0. The first-order chi connectivity index (χ1) is 8.77. The maximum atomic E-state index is 10.5. The fraction of sp³-hybridized carbons (Fsp3) is 0.688. The lowest BCUT2D eigenvalue weighted by atomic mass is 10.1. The van der Waals surface area contributed by atoms with Crippen molar-refractivity contribution in [2.24, 2.45) is 0 Å².